The van der Waals surface area contributed by atoms with E-state index < -0.39 is 12.0 Å². The highest BCUT2D eigenvalue weighted by atomic mass is 32.1. The van der Waals surface area contributed by atoms with E-state index in [1.807, 2.05) is 6.08 Å². The van der Waals surface area contributed by atoms with Gasteiger partial charge in [0, 0.05) is 65.3 Å². The van der Waals surface area contributed by atoms with Crippen molar-refractivity contribution in [2.75, 3.05) is 70.2 Å². The van der Waals surface area contributed by atoms with Crippen LogP contribution in [-0.4, -0.2) is 98.1 Å². The van der Waals surface area contributed by atoms with Gasteiger partial charge in [0.2, 0.25) is 17.7 Å². The molecule has 0 bridgehead atoms. The lowest BCUT2D eigenvalue weighted by atomic mass is 9.98. The molecule has 4 heterocycles. The third-order valence-electron chi connectivity index (χ3n) is 6.95. The Balaban J connectivity index is 1.60. The van der Waals surface area contributed by atoms with Crippen molar-refractivity contribution in [1.82, 2.24) is 25.2 Å². The number of aryl methyl sites for hydroxylation is 1. The van der Waals surface area contributed by atoms with Gasteiger partial charge in [0.1, 0.15) is 10.6 Å². The summed E-state index contributed by atoms with van der Waals surface area (Å²) >= 11 is 1.66. The molecule has 1 N–H and O–H groups in total. The van der Waals surface area contributed by atoms with Crippen molar-refractivity contribution >= 4 is 45.1 Å². The summed E-state index contributed by atoms with van der Waals surface area (Å²) in [5.41, 5.74) is 2.28. The molecule has 1 atom stereocenters. The van der Waals surface area contributed by atoms with Crippen molar-refractivity contribution in [2.24, 2.45) is 11.0 Å². The molecule has 0 radical (unpaired) electrons. The predicted molar refractivity (Wildman–Crippen MR) is 151 cm³/mol. The number of carbonyl (C=O) groups is 1. The fourth-order valence-corrected chi connectivity index (χ4v) is 6.08. The lowest BCUT2D eigenvalue weighted by Crippen LogP contribution is -2.53. The summed E-state index contributed by atoms with van der Waals surface area (Å²) < 4.78 is 40.6. The Morgan fingerprint density at radius 2 is 1.95 bits per heavy atom. The van der Waals surface area contributed by atoms with E-state index >= 15 is 0 Å². The van der Waals surface area contributed by atoms with Gasteiger partial charge in [-0.3, -0.25) is 4.79 Å². The van der Waals surface area contributed by atoms with Crippen LogP contribution in [-0.2, 0) is 11.2 Å². The number of amides is 1. The summed E-state index contributed by atoms with van der Waals surface area (Å²) in [5.74, 6) is 0.670. The standard InChI is InChI=1S/C26H37F3N8OS/c1-5-7-19-16-20-22(35-12-14-36(15-13-35)24(33-30-2)26(27,28)29)31-25(32-23(20)39-19)37-11-6-8-18(17-37)9-10-21(38)34(3)4/h9-10,16,18,30H,5-8,11-15,17H2,1-4H3/b10-9+,33-24-. The third kappa shape index (κ3) is 6.92. The topological polar surface area (TPSA) is 80.2 Å². The number of thiophene rings is 1. The minimum Gasteiger partial charge on any atom is -0.352 e. The smallest absolute Gasteiger partial charge is 0.352 e. The van der Waals surface area contributed by atoms with Crippen LogP contribution in [0.15, 0.2) is 23.3 Å². The molecule has 2 aliphatic heterocycles. The van der Waals surface area contributed by atoms with Crippen molar-refractivity contribution in [3.8, 4) is 0 Å². The number of anilines is 2. The molecule has 214 valence electrons. The first-order chi connectivity index (χ1) is 18.6. The van der Waals surface area contributed by atoms with Gasteiger partial charge < -0.3 is 25.0 Å². The summed E-state index contributed by atoms with van der Waals surface area (Å²) in [6.07, 6.45) is 2.97. The van der Waals surface area contributed by atoms with Crippen molar-refractivity contribution in [3.05, 3.63) is 23.1 Å². The van der Waals surface area contributed by atoms with Crippen molar-refractivity contribution in [2.45, 2.75) is 38.8 Å². The molecule has 39 heavy (non-hydrogen) atoms. The van der Waals surface area contributed by atoms with E-state index in [1.165, 1.54) is 16.8 Å². The molecule has 0 aromatic carbocycles. The van der Waals surface area contributed by atoms with Gasteiger partial charge in [-0.05, 0) is 37.3 Å². The molecule has 13 heteroatoms. The molecule has 2 fully saturated rings. The van der Waals surface area contributed by atoms with E-state index in [2.05, 4.69) is 33.3 Å². The van der Waals surface area contributed by atoms with E-state index in [-0.39, 0.29) is 24.9 Å². The maximum atomic E-state index is 13.5. The van der Waals surface area contributed by atoms with Gasteiger partial charge in [-0.25, -0.2) is 4.98 Å². The lowest BCUT2D eigenvalue weighted by molar-refractivity contribution is -0.123. The zero-order chi connectivity index (χ0) is 28.2. The number of fused-ring (bicyclic) bond motifs is 1. The predicted octanol–water partition coefficient (Wildman–Crippen LogP) is 3.72. The normalized spacial score (nSPS) is 19.3. The number of alkyl halides is 3. The van der Waals surface area contributed by atoms with Crippen LogP contribution in [0.2, 0.25) is 0 Å². The summed E-state index contributed by atoms with van der Waals surface area (Å²) in [6, 6.07) is 2.13. The number of nitrogens with zero attached hydrogens (tertiary/aromatic N) is 7. The Bertz CT molecular complexity index is 1200. The molecule has 1 amide bonds. The first-order valence-corrected chi connectivity index (χ1v) is 14.2. The zero-order valence-electron chi connectivity index (χ0n) is 23.0. The van der Waals surface area contributed by atoms with Gasteiger partial charge in [0.25, 0.3) is 0 Å². The van der Waals surface area contributed by atoms with E-state index in [1.54, 1.807) is 36.4 Å². The number of amidine groups is 1. The molecule has 0 aliphatic carbocycles. The Morgan fingerprint density at radius 1 is 1.21 bits per heavy atom. The molecule has 2 aliphatic rings. The van der Waals surface area contributed by atoms with E-state index in [4.69, 9.17) is 9.97 Å². The molecule has 2 saturated heterocycles. The Hall–Kier alpha value is -3.09. The van der Waals surface area contributed by atoms with Gasteiger partial charge in [-0.15, -0.1) is 11.3 Å². The molecular formula is C26H37F3N8OS. The molecule has 9 nitrogen and oxygen atoms in total. The van der Waals surface area contributed by atoms with Gasteiger partial charge >= 0.3 is 6.18 Å². The van der Waals surface area contributed by atoms with Crippen molar-refractivity contribution < 1.29 is 18.0 Å². The highest BCUT2D eigenvalue weighted by Crippen LogP contribution is 2.35. The average Bonchev–Trinajstić information content (AvgIpc) is 3.32. The largest absolute Gasteiger partial charge is 0.451 e. The summed E-state index contributed by atoms with van der Waals surface area (Å²) in [6.45, 7) is 4.80. The first kappa shape index (κ1) is 28.9. The molecule has 0 spiro atoms. The van der Waals surface area contributed by atoms with Gasteiger partial charge in [-0.1, -0.05) is 19.4 Å². The Kier molecular flexibility index (Phi) is 9.19. The van der Waals surface area contributed by atoms with Crippen LogP contribution in [0.1, 0.15) is 31.1 Å². The fourth-order valence-electron chi connectivity index (χ4n) is 4.96. The number of piperazine rings is 1. The minimum atomic E-state index is -4.53. The molecule has 4 rings (SSSR count). The number of nitrogens with one attached hydrogen (secondary N) is 1. The van der Waals surface area contributed by atoms with E-state index in [0.29, 0.717) is 25.6 Å². The number of hydrogen-bond acceptors (Lipinski definition) is 8. The SMILES string of the molecule is CCCc1cc2c(N3CCN(/C(=N\NC)C(F)(F)F)CC3)nc(N3CCCC(/C=C/C(=O)N(C)C)C3)nc2s1. The highest BCUT2D eigenvalue weighted by molar-refractivity contribution is 7.18. The number of likely N-dealkylation sites (N-methyl/N-ethyl adjacent to an activating group) is 1. The molecular weight excluding hydrogens is 529 g/mol. The third-order valence-corrected chi connectivity index (χ3v) is 8.04. The molecule has 0 saturated carbocycles. The number of hydrogen-bond donors (Lipinski definition) is 1. The average molecular weight is 567 g/mol. The highest BCUT2D eigenvalue weighted by Gasteiger charge is 2.41. The summed E-state index contributed by atoms with van der Waals surface area (Å²) in [4.78, 5) is 31.1. The number of hydrazone groups is 1. The van der Waals surface area contributed by atoms with Crippen LogP contribution in [0.3, 0.4) is 0 Å². The van der Waals surface area contributed by atoms with Gasteiger partial charge in [-0.2, -0.15) is 23.3 Å². The Labute approximate surface area is 231 Å². The number of aromatic nitrogens is 2. The van der Waals surface area contributed by atoms with Gasteiger partial charge in [0.15, 0.2) is 0 Å². The molecule has 2 aromatic rings. The number of rotatable bonds is 7. The second kappa shape index (κ2) is 12.4. The zero-order valence-corrected chi connectivity index (χ0v) is 23.8. The first-order valence-electron chi connectivity index (χ1n) is 13.4. The van der Waals surface area contributed by atoms with Gasteiger partial charge in [0.05, 0.1) is 5.39 Å². The van der Waals surface area contributed by atoms with E-state index in [9.17, 15) is 18.0 Å². The van der Waals surface area contributed by atoms with Crippen molar-refractivity contribution in [1.29, 1.82) is 0 Å². The second-order valence-corrected chi connectivity index (χ2v) is 11.2. The lowest BCUT2D eigenvalue weighted by Gasteiger charge is -2.38. The van der Waals surface area contributed by atoms with Crippen LogP contribution in [0.25, 0.3) is 10.2 Å². The summed E-state index contributed by atoms with van der Waals surface area (Å²) in [5, 5.41) is 4.45. The molecule has 1 unspecified atom stereocenters. The van der Waals surface area contributed by atoms with Crippen molar-refractivity contribution in [3.63, 3.8) is 0 Å². The quantitative estimate of drug-likeness (QED) is 0.237. The van der Waals surface area contributed by atoms with E-state index in [0.717, 1.165) is 48.3 Å². The van der Waals surface area contributed by atoms with Crippen LogP contribution in [0.5, 0.6) is 0 Å². The number of carbonyl (C=O) groups excluding carboxylic acids is 1. The number of piperidine rings is 1. The summed E-state index contributed by atoms with van der Waals surface area (Å²) in [7, 11) is 4.83. The van der Waals surface area contributed by atoms with Crippen LogP contribution >= 0.6 is 11.3 Å². The minimum absolute atomic E-state index is 0.0401. The van der Waals surface area contributed by atoms with Crippen LogP contribution in [0.4, 0.5) is 24.9 Å². The second-order valence-electron chi connectivity index (χ2n) is 10.1. The Morgan fingerprint density at radius 3 is 2.59 bits per heavy atom. The fraction of sp³-hybridized carbons (Fsp3) is 0.615. The maximum Gasteiger partial charge on any atom is 0.451 e. The number of halogens is 3. The monoisotopic (exact) mass is 566 g/mol. The molecule has 2 aromatic heterocycles. The van der Waals surface area contributed by atoms with Crippen LogP contribution in [0, 0.1) is 5.92 Å². The maximum absolute atomic E-state index is 13.5. The van der Waals surface area contributed by atoms with Crippen LogP contribution < -0.4 is 15.2 Å².